The van der Waals surface area contributed by atoms with E-state index in [-0.39, 0.29) is 0 Å². The Morgan fingerprint density at radius 3 is 2.67 bits per heavy atom. The molecule has 0 spiro atoms. The van der Waals surface area contributed by atoms with Crippen molar-refractivity contribution >= 4 is 5.91 Å². The fourth-order valence-corrected chi connectivity index (χ4v) is 2.60. The van der Waals surface area contributed by atoms with Gasteiger partial charge in [0.1, 0.15) is 0 Å². The minimum atomic E-state index is 0.304. The van der Waals surface area contributed by atoms with Crippen LogP contribution >= 0.6 is 0 Å². The van der Waals surface area contributed by atoms with Gasteiger partial charge in [-0.15, -0.1) is 12.3 Å². The van der Waals surface area contributed by atoms with E-state index in [0.29, 0.717) is 18.4 Å². The minimum Gasteiger partial charge on any atom is -0.339 e. The molecule has 0 aliphatic carbocycles. The Morgan fingerprint density at radius 2 is 2.00 bits per heavy atom. The maximum absolute atomic E-state index is 11.9. The summed E-state index contributed by atoms with van der Waals surface area (Å²) in [6.07, 6.45) is 8.54. The summed E-state index contributed by atoms with van der Waals surface area (Å²) in [5.74, 6) is 2.92. The quantitative estimate of drug-likeness (QED) is 0.562. The molecule has 1 N–H and O–H groups in total. The van der Waals surface area contributed by atoms with Gasteiger partial charge in [0.25, 0.3) is 0 Å². The van der Waals surface area contributed by atoms with Crippen molar-refractivity contribution in [3.63, 3.8) is 0 Å². The van der Waals surface area contributed by atoms with Crippen LogP contribution in [0.15, 0.2) is 0 Å². The second-order valence-corrected chi connectivity index (χ2v) is 5.15. The molecule has 2 rings (SSSR count). The molecule has 2 aliphatic heterocycles. The number of piperazine rings is 1. The molecule has 0 bridgehead atoms. The Labute approximate surface area is 110 Å². The summed E-state index contributed by atoms with van der Waals surface area (Å²) in [4.78, 5) is 16.3. The normalized spacial score (nSPS) is 21.4. The SMILES string of the molecule is C#CCCCCC(=O)N1CC(N2CCNCC2)C1. The molecule has 0 saturated carbocycles. The van der Waals surface area contributed by atoms with Crippen molar-refractivity contribution in [3.05, 3.63) is 0 Å². The third kappa shape index (κ3) is 3.47. The second-order valence-electron chi connectivity index (χ2n) is 5.15. The third-order valence-corrected chi connectivity index (χ3v) is 3.84. The number of unbranched alkanes of at least 4 members (excludes halogenated alkanes) is 2. The van der Waals surface area contributed by atoms with E-state index in [1.54, 1.807) is 0 Å². The predicted octanol–water partition coefficient (Wildman–Crippen LogP) is 0.296. The molecule has 100 valence electrons. The Hall–Kier alpha value is -1.05. The van der Waals surface area contributed by atoms with Crippen LogP contribution in [0.2, 0.25) is 0 Å². The highest BCUT2D eigenvalue weighted by Crippen LogP contribution is 2.17. The molecule has 1 amide bonds. The number of hydrogen-bond acceptors (Lipinski definition) is 3. The highest BCUT2D eigenvalue weighted by Gasteiger charge is 2.34. The minimum absolute atomic E-state index is 0.304. The summed E-state index contributed by atoms with van der Waals surface area (Å²) in [6.45, 7) is 6.25. The first-order valence-corrected chi connectivity index (χ1v) is 6.97. The zero-order chi connectivity index (χ0) is 12.8. The average molecular weight is 249 g/mol. The number of rotatable bonds is 5. The van der Waals surface area contributed by atoms with E-state index >= 15 is 0 Å². The molecule has 0 atom stereocenters. The number of amides is 1. The number of carbonyl (C=O) groups excluding carboxylic acids is 1. The molecule has 2 fully saturated rings. The van der Waals surface area contributed by atoms with Crippen LogP contribution in [-0.2, 0) is 4.79 Å². The summed E-state index contributed by atoms with van der Waals surface area (Å²) in [6, 6.07) is 0.599. The average Bonchev–Trinajstić information content (AvgIpc) is 2.34. The molecule has 0 aromatic heterocycles. The van der Waals surface area contributed by atoms with E-state index < -0.39 is 0 Å². The summed E-state index contributed by atoms with van der Waals surface area (Å²) < 4.78 is 0. The van der Waals surface area contributed by atoms with Gasteiger partial charge >= 0.3 is 0 Å². The Balaban J connectivity index is 1.59. The smallest absolute Gasteiger partial charge is 0.222 e. The van der Waals surface area contributed by atoms with Crippen LogP contribution in [-0.4, -0.2) is 61.0 Å². The molecule has 4 nitrogen and oxygen atoms in total. The first kappa shape index (κ1) is 13.4. The van der Waals surface area contributed by atoms with E-state index in [4.69, 9.17) is 6.42 Å². The summed E-state index contributed by atoms with van der Waals surface area (Å²) >= 11 is 0. The molecule has 0 unspecified atom stereocenters. The molecule has 2 aliphatic rings. The van der Waals surface area contributed by atoms with Gasteiger partial charge in [-0.1, -0.05) is 0 Å². The third-order valence-electron chi connectivity index (χ3n) is 3.84. The van der Waals surface area contributed by atoms with Crippen LogP contribution in [0.3, 0.4) is 0 Å². The lowest BCUT2D eigenvalue weighted by Crippen LogP contribution is -2.63. The van der Waals surface area contributed by atoms with Gasteiger partial charge in [-0.3, -0.25) is 9.69 Å². The van der Waals surface area contributed by atoms with E-state index in [1.807, 2.05) is 4.90 Å². The van der Waals surface area contributed by atoms with Crippen LogP contribution < -0.4 is 5.32 Å². The van der Waals surface area contributed by atoms with Crippen LogP contribution in [0.25, 0.3) is 0 Å². The van der Waals surface area contributed by atoms with E-state index in [2.05, 4.69) is 16.1 Å². The molecule has 2 saturated heterocycles. The standard InChI is InChI=1S/C14H23N3O/c1-2-3-4-5-6-14(18)17-11-13(12-17)16-9-7-15-8-10-16/h1,13,15H,3-12H2. The first-order chi connectivity index (χ1) is 8.81. The van der Waals surface area contributed by atoms with Gasteiger partial charge in [-0.2, -0.15) is 0 Å². The van der Waals surface area contributed by atoms with Crippen LogP contribution in [0.1, 0.15) is 25.7 Å². The van der Waals surface area contributed by atoms with Crippen molar-refractivity contribution in [2.24, 2.45) is 0 Å². The van der Waals surface area contributed by atoms with Gasteiger partial charge in [-0.05, 0) is 12.8 Å². The maximum Gasteiger partial charge on any atom is 0.222 e. The number of terminal acetylenes is 1. The molecular formula is C14H23N3O. The fraction of sp³-hybridized carbons (Fsp3) is 0.786. The molecular weight excluding hydrogens is 226 g/mol. The number of carbonyl (C=O) groups is 1. The zero-order valence-corrected chi connectivity index (χ0v) is 11.0. The van der Waals surface area contributed by atoms with Gasteiger partial charge in [-0.25, -0.2) is 0 Å². The van der Waals surface area contributed by atoms with Crippen molar-refractivity contribution in [2.45, 2.75) is 31.7 Å². The second kappa shape index (κ2) is 6.77. The van der Waals surface area contributed by atoms with Crippen molar-refractivity contribution in [1.82, 2.24) is 15.1 Å². The van der Waals surface area contributed by atoms with Gasteiger partial charge < -0.3 is 10.2 Å². The molecule has 2 heterocycles. The van der Waals surface area contributed by atoms with Gasteiger partial charge in [0.2, 0.25) is 5.91 Å². The van der Waals surface area contributed by atoms with Crippen LogP contribution in [0.4, 0.5) is 0 Å². The van der Waals surface area contributed by atoms with Crippen LogP contribution in [0, 0.1) is 12.3 Å². The summed E-state index contributed by atoms with van der Waals surface area (Å²) in [5, 5.41) is 3.35. The van der Waals surface area contributed by atoms with Crippen LogP contribution in [0.5, 0.6) is 0 Å². The van der Waals surface area contributed by atoms with Gasteiger partial charge in [0.05, 0.1) is 0 Å². The molecule has 0 aromatic carbocycles. The largest absolute Gasteiger partial charge is 0.339 e. The Kier molecular flexibility index (Phi) is 5.03. The predicted molar refractivity (Wildman–Crippen MR) is 72.1 cm³/mol. The summed E-state index contributed by atoms with van der Waals surface area (Å²) in [7, 11) is 0. The van der Waals surface area contributed by atoms with E-state index in [9.17, 15) is 4.79 Å². The number of nitrogens with zero attached hydrogens (tertiary/aromatic N) is 2. The Bertz CT molecular complexity index is 311. The zero-order valence-electron chi connectivity index (χ0n) is 11.0. The first-order valence-electron chi connectivity index (χ1n) is 6.97. The van der Waals surface area contributed by atoms with Gasteiger partial charge in [0, 0.05) is 58.2 Å². The van der Waals surface area contributed by atoms with E-state index in [1.165, 1.54) is 0 Å². The number of nitrogens with one attached hydrogen (secondary N) is 1. The fourth-order valence-electron chi connectivity index (χ4n) is 2.60. The lowest BCUT2D eigenvalue weighted by Gasteiger charge is -2.46. The number of hydrogen-bond donors (Lipinski definition) is 1. The molecule has 18 heavy (non-hydrogen) atoms. The topological polar surface area (TPSA) is 35.6 Å². The lowest BCUT2D eigenvalue weighted by molar-refractivity contribution is -0.138. The maximum atomic E-state index is 11.9. The van der Waals surface area contributed by atoms with Gasteiger partial charge in [0.15, 0.2) is 0 Å². The monoisotopic (exact) mass is 249 g/mol. The molecule has 0 radical (unpaired) electrons. The van der Waals surface area contributed by atoms with E-state index in [0.717, 1.165) is 58.5 Å². The number of likely N-dealkylation sites (tertiary alicyclic amines) is 1. The van der Waals surface area contributed by atoms with Crippen molar-refractivity contribution < 1.29 is 4.79 Å². The Morgan fingerprint density at radius 1 is 1.28 bits per heavy atom. The highest BCUT2D eigenvalue weighted by atomic mass is 16.2. The molecule has 0 aromatic rings. The van der Waals surface area contributed by atoms with Crippen molar-refractivity contribution in [3.8, 4) is 12.3 Å². The van der Waals surface area contributed by atoms with Crippen molar-refractivity contribution in [1.29, 1.82) is 0 Å². The van der Waals surface area contributed by atoms with Crippen molar-refractivity contribution in [2.75, 3.05) is 39.3 Å². The highest BCUT2D eigenvalue weighted by molar-refractivity contribution is 5.77. The molecule has 4 heteroatoms. The summed E-state index contributed by atoms with van der Waals surface area (Å²) in [5.41, 5.74) is 0. The lowest BCUT2D eigenvalue weighted by atomic mass is 10.0.